The lowest BCUT2D eigenvalue weighted by molar-refractivity contribution is -0.144. The molecule has 2 aliphatic heterocycles. The molecule has 0 aliphatic carbocycles. The van der Waals surface area contributed by atoms with Gasteiger partial charge in [-0.1, -0.05) is 92.9 Å². The first-order valence-electron chi connectivity index (χ1n) is 29.2. The maximum atomic E-state index is 13.9. The van der Waals surface area contributed by atoms with Crippen LogP contribution in [-0.4, -0.2) is 195 Å². The summed E-state index contributed by atoms with van der Waals surface area (Å²) in [5.41, 5.74) is 5.49. The van der Waals surface area contributed by atoms with Gasteiger partial charge in [0.15, 0.2) is 5.13 Å². The molecule has 2 saturated heterocycles. The summed E-state index contributed by atoms with van der Waals surface area (Å²) in [5, 5.41) is 23.5. The molecule has 2 aromatic carbocycles. The summed E-state index contributed by atoms with van der Waals surface area (Å²) in [7, 11) is 0. The van der Waals surface area contributed by atoms with Gasteiger partial charge < -0.3 is 64.6 Å². The number of para-hydroxylation sites is 1. The first kappa shape index (κ1) is 66.8. The first-order valence-corrected chi connectivity index (χ1v) is 31.2. The van der Waals surface area contributed by atoms with E-state index in [2.05, 4.69) is 46.0 Å². The molecule has 22 nitrogen and oxygen atoms in total. The van der Waals surface area contributed by atoms with Gasteiger partial charge in [0.1, 0.15) is 41.0 Å². The van der Waals surface area contributed by atoms with Crippen molar-refractivity contribution in [2.75, 3.05) is 134 Å². The van der Waals surface area contributed by atoms with Gasteiger partial charge in [0, 0.05) is 58.4 Å². The average molecular weight is 1230 g/mol. The number of aromatic nitrogens is 4. The number of hydrogen-bond donors (Lipinski definition) is 5. The molecular weight excluding hydrogens is 1150 g/mol. The smallest absolute Gasteiger partial charge is 0.267 e. The number of carbonyl (C=O) groups excluding carboxylic acids is 4. The van der Waals surface area contributed by atoms with E-state index in [1.165, 1.54) is 16.2 Å². The van der Waals surface area contributed by atoms with Gasteiger partial charge in [-0.15, -0.1) is 11.3 Å². The zero-order chi connectivity index (χ0) is 60.6. The Kier molecular flexibility index (Phi) is 27.1. The number of anilines is 4. The number of nitrogens with one attached hydrogen (secondary N) is 4. The van der Waals surface area contributed by atoms with E-state index < -0.39 is 35.4 Å². The number of β-amino-alcohol motifs (C(OH)–C–C–N with tert-alkyl or cyclic N) is 1. The van der Waals surface area contributed by atoms with E-state index in [9.17, 15) is 24.3 Å². The van der Waals surface area contributed by atoms with E-state index in [0.29, 0.717) is 91.8 Å². The topological polar surface area (TPSA) is 253 Å². The number of amides is 4. The highest BCUT2D eigenvalue weighted by atomic mass is 35.5. The van der Waals surface area contributed by atoms with Crippen LogP contribution in [0, 0.1) is 26.2 Å². The van der Waals surface area contributed by atoms with Crippen molar-refractivity contribution in [3.63, 3.8) is 0 Å². The summed E-state index contributed by atoms with van der Waals surface area (Å²) in [6, 6.07) is 13.4. The summed E-state index contributed by atoms with van der Waals surface area (Å²) in [4.78, 5) is 79.0. The van der Waals surface area contributed by atoms with Gasteiger partial charge in [-0.05, 0) is 68.3 Å². The van der Waals surface area contributed by atoms with Crippen molar-refractivity contribution in [2.24, 2.45) is 5.41 Å². The van der Waals surface area contributed by atoms with Crippen LogP contribution in [0.25, 0.3) is 10.4 Å². The standard InChI is InChI=1S/C60H84ClN11O11S2/c1-41-12-11-13-47(61)53(41)69-57(76)49-37-63-59(85-49)67-50-35-51(66-43(3)65-50)71-21-19-70(20-22-71)18-9-7-8-10-23-78-24-25-79-26-27-80-28-29-81-30-31-82-32-33-83-39-52(74)68-55(60(4,5)6)58(77)72-38-46(73)34-48(72)56(75)62-36-44-14-16-45(17-15-44)54-42(2)64-40-84-54/h11-17,35,37,40,46,48,55,73H,7-10,18-34,36,38-39H2,1-6H3,(H,62,75)(H,68,74)(H,69,76)(H,63,65,66,67). The number of rotatable bonds is 35. The van der Waals surface area contributed by atoms with Crippen molar-refractivity contribution in [3.05, 3.63) is 92.8 Å². The molecule has 3 aromatic heterocycles. The van der Waals surface area contributed by atoms with Gasteiger partial charge in [-0.3, -0.25) is 24.1 Å². The summed E-state index contributed by atoms with van der Waals surface area (Å²) in [5.74, 6) is 0.585. The molecular formula is C60H84ClN11O11S2. The zero-order valence-electron chi connectivity index (χ0n) is 49.8. The Labute approximate surface area is 512 Å². The molecule has 3 unspecified atom stereocenters. The number of hydrogen-bond acceptors (Lipinski definition) is 20. The number of aliphatic hydroxyl groups excluding tert-OH is 1. The number of aliphatic hydroxyl groups is 1. The summed E-state index contributed by atoms with van der Waals surface area (Å²) < 4.78 is 33.7. The lowest BCUT2D eigenvalue weighted by Gasteiger charge is -2.35. The highest BCUT2D eigenvalue weighted by Crippen LogP contribution is 2.31. The number of thiazole rings is 2. The molecule has 2 fully saturated rings. The average Bonchev–Trinajstić information content (AvgIpc) is 3.69. The molecule has 5 N–H and O–H groups in total. The fourth-order valence-corrected chi connectivity index (χ4v) is 11.4. The third-order valence-electron chi connectivity index (χ3n) is 14.3. The second-order valence-corrected chi connectivity index (χ2v) is 24.3. The van der Waals surface area contributed by atoms with Gasteiger partial charge in [0.05, 0.1) is 105 Å². The number of halogens is 1. The van der Waals surface area contributed by atoms with Crippen LogP contribution in [0.2, 0.25) is 5.02 Å². The quantitative estimate of drug-likeness (QED) is 0.0251. The third kappa shape index (κ3) is 21.9. The van der Waals surface area contributed by atoms with Crippen LogP contribution in [0.1, 0.15) is 85.2 Å². The van der Waals surface area contributed by atoms with Crippen LogP contribution in [0.5, 0.6) is 0 Å². The maximum Gasteiger partial charge on any atom is 0.267 e. The molecule has 2 aliphatic rings. The first-order chi connectivity index (χ1) is 41.0. The van der Waals surface area contributed by atoms with Crippen molar-refractivity contribution in [2.45, 2.75) is 98.4 Å². The molecule has 0 bridgehead atoms. The zero-order valence-corrected chi connectivity index (χ0v) is 52.2. The molecule has 0 spiro atoms. The number of piperazine rings is 1. The van der Waals surface area contributed by atoms with Crippen LogP contribution >= 0.6 is 34.3 Å². The maximum absolute atomic E-state index is 13.9. The highest BCUT2D eigenvalue weighted by molar-refractivity contribution is 7.17. The van der Waals surface area contributed by atoms with Gasteiger partial charge in [0.25, 0.3) is 5.91 Å². The second-order valence-electron chi connectivity index (χ2n) is 22.0. The van der Waals surface area contributed by atoms with Crippen LogP contribution in [0.4, 0.5) is 22.5 Å². The summed E-state index contributed by atoms with van der Waals surface area (Å²) in [6.45, 7) is 20.6. The Balaban J connectivity index is 0.629. The predicted octanol–water partition coefficient (Wildman–Crippen LogP) is 7.22. The molecule has 0 radical (unpaired) electrons. The van der Waals surface area contributed by atoms with Crippen LogP contribution in [0.3, 0.4) is 0 Å². The van der Waals surface area contributed by atoms with Crippen molar-refractivity contribution < 1.29 is 52.7 Å². The van der Waals surface area contributed by atoms with Crippen molar-refractivity contribution in [3.8, 4) is 10.4 Å². The number of ether oxygens (including phenoxy) is 6. The molecule has 5 heterocycles. The highest BCUT2D eigenvalue weighted by Gasteiger charge is 2.44. The van der Waals surface area contributed by atoms with Crippen LogP contribution in [0.15, 0.2) is 60.2 Å². The third-order valence-corrected chi connectivity index (χ3v) is 16.5. The van der Waals surface area contributed by atoms with Crippen LogP contribution < -0.4 is 26.2 Å². The fraction of sp³-hybridized carbons (Fsp3) is 0.567. The van der Waals surface area contributed by atoms with E-state index >= 15 is 0 Å². The summed E-state index contributed by atoms with van der Waals surface area (Å²) >= 11 is 9.13. The number of unbranched alkanes of at least 4 members (excludes halogenated alkanes) is 3. The fourth-order valence-electron chi connectivity index (χ4n) is 9.63. The Morgan fingerprint density at radius 3 is 2.07 bits per heavy atom. The Hall–Kier alpha value is -5.77. The Bertz CT molecular complexity index is 2860. The normalized spacial score (nSPS) is 16.0. The van der Waals surface area contributed by atoms with Gasteiger partial charge in [-0.25, -0.2) is 19.9 Å². The molecule has 25 heteroatoms. The lowest BCUT2D eigenvalue weighted by Crippen LogP contribution is -2.58. The van der Waals surface area contributed by atoms with Gasteiger partial charge >= 0.3 is 0 Å². The minimum absolute atomic E-state index is 0.0153. The lowest BCUT2D eigenvalue weighted by atomic mass is 9.85. The van der Waals surface area contributed by atoms with E-state index in [0.717, 1.165) is 91.5 Å². The Morgan fingerprint density at radius 1 is 0.788 bits per heavy atom. The number of likely N-dealkylation sites (tertiary alicyclic amines) is 1. The number of nitrogens with zero attached hydrogens (tertiary/aromatic N) is 7. The molecule has 7 rings (SSSR count). The molecule has 464 valence electrons. The molecule has 5 aromatic rings. The summed E-state index contributed by atoms with van der Waals surface area (Å²) in [6.07, 6.45) is 5.22. The number of benzene rings is 2. The monoisotopic (exact) mass is 1230 g/mol. The predicted molar refractivity (Wildman–Crippen MR) is 330 cm³/mol. The van der Waals surface area contributed by atoms with Gasteiger partial charge in [-0.2, -0.15) is 0 Å². The second kappa shape index (κ2) is 34.5. The Morgan fingerprint density at radius 2 is 1.44 bits per heavy atom. The largest absolute Gasteiger partial charge is 0.391 e. The minimum atomic E-state index is -0.962. The molecule has 85 heavy (non-hydrogen) atoms. The van der Waals surface area contributed by atoms with E-state index in [-0.39, 0.29) is 51.1 Å². The molecule has 0 saturated carbocycles. The molecule has 4 amide bonds. The van der Waals surface area contributed by atoms with Crippen molar-refractivity contribution in [1.29, 1.82) is 0 Å². The number of carbonyl (C=O) groups is 4. The van der Waals surface area contributed by atoms with Crippen LogP contribution in [-0.2, 0) is 49.3 Å². The van der Waals surface area contributed by atoms with Crippen molar-refractivity contribution >= 4 is 80.4 Å². The van der Waals surface area contributed by atoms with Gasteiger partial charge in [0.2, 0.25) is 17.7 Å². The molecule has 3 atom stereocenters. The van der Waals surface area contributed by atoms with E-state index in [1.54, 1.807) is 23.6 Å². The van der Waals surface area contributed by atoms with E-state index in [1.807, 2.05) is 89.5 Å². The SMILES string of the molecule is Cc1nc(Nc2ncc(C(=O)Nc3c(C)cccc3Cl)s2)cc(N2CCN(CCCCCCOCCOCCOCCOCCOCCOCC(=O)NC(C(=O)N3CC(O)CC3C(=O)NCc3ccc(-c4scnc4C)cc3)C(C)(C)C)CC2)n1. The van der Waals surface area contributed by atoms with E-state index in [4.69, 9.17) is 45.0 Å². The number of aryl methyl sites for hydroxylation is 3. The minimum Gasteiger partial charge on any atom is -0.391 e. The van der Waals surface area contributed by atoms with Crippen molar-refractivity contribution in [1.82, 2.24) is 40.4 Å².